The first-order chi connectivity index (χ1) is 21.2. The Bertz CT molecular complexity index is 1500. The molecule has 1 atom stereocenters. The van der Waals surface area contributed by atoms with Crippen molar-refractivity contribution in [2.75, 3.05) is 52.8 Å². The summed E-state index contributed by atoms with van der Waals surface area (Å²) in [6.07, 6.45) is -3.09. The molecule has 240 valence electrons. The number of nitrogens with one attached hydrogen (secondary N) is 2. The van der Waals surface area contributed by atoms with Gasteiger partial charge in [0.15, 0.2) is 0 Å². The number of carbonyl (C=O) groups excluding carboxylic acids is 3. The number of nitrogens with zero attached hydrogens (tertiary/aromatic N) is 5. The average Bonchev–Trinajstić information content (AvgIpc) is 3.00. The lowest BCUT2D eigenvalue weighted by Crippen LogP contribution is -2.57. The highest BCUT2D eigenvalue weighted by molar-refractivity contribution is 6.10. The number of amides is 3. The van der Waals surface area contributed by atoms with Crippen molar-refractivity contribution in [2.24, 2.45) is 0 Å². The Morgan fingerprint density at radius 2 is 1.71 bits per heavy atom. The van der Waals surface area contributed by atoms with E-state index in [0.29, 0.717) is 17.7 Å². The lowest BCUT2D eigenvalue weighted by Gasteiger charge is -2.43. The number of hydrogen-bond donors (Lipinski definition) is 2. The highest BCUT2D eigenvalue weighted by Crippen LogP contribution is 2.41. The van der Waals surface area contributed by atoms with Gasteiger partial charge in [-0.05, 0) is 76.3 Å². The van der Waals surface area contributed by atoms with Gasteiger partial charge in [0.1, 0.15) is 6.04 Å². The van der Waals surface area contributed by atoms with Crippen LogP contribution < -0.4 is 10.2 Å². The van der Waals surface area contributed by atoms with Crippen LogP contribution in [0.2, 0.25) is 0 Å². The van der Waals surface area contributed by atoms with Crippen LogP contribution in [0.25, 0.3) is 0 Å². The average molecular weight is 628 g/mol. The monoisotopic (exact) mass is 627 g/mol. The van der Waals surface area contributed by atoms with E-state index < -0.39 is 48.2 Å². The Morgan fingerprint density at radius 1 is 1.07 bits per heavy atom. The molecule has 11 nitrogen and oxygen atoms in total. The molecule has 0 bridgehead atoms. The molecule has 1 aliphatic heterocycles. The minimum atomic E-state index is -4.70. The first kappa shape index (κ1) is 34.6. The van der Waals surface area contributed by atoms with Crippen LogP contribution in [0.3, 0.4) is 0 Å². The summed E-state index contributed by atoms with van der Waals surface area (Å²) in [4.78, 5) is 45.3. The largest absolute Gasteiger partial charge is 0.466 e. The number of guanidine groups is 1. The van der Waals surface area contributed by atoms with Crippen LogP contribution in [0, 0.1) is 16.7 Å². The predicted octanol–water partition coefficient (Wildman–Crippen LogP) is 4.33. The maximum absolute atomic E-state index is 13.8. The van der Waals surface area contributed by atoms with Crippen LogP contribution in [0.4, 0.5) is 23.7 Å². The first-order valence-corrected chi connectivity index (χ1v) is 14.0. The van der Waals surface area contributed by atoms with E-state index in [0.717, 1.165) is 54.5 Å². The highest BCUT2D eigenvalue weighted by atomic mass is 19.4. The second kappa shape index (κ2) is 14.7. The van der Waals surface area contributed by atoms with Gasteiger partial charge in [0.25, 0.3) is 0 Å². The minimum Gasteiger partial charge on any atom is -0.466 e. The number of hydrogen-bond acceptors (Lipinski definition) is 7. The van der Waals surface area contributed by atoms with Crippen molar-refractivity contribution in [3.05, 3.63) is 76.5 Å². The minimum absolute atomic E-state index is 0.0538. The quantitative estimate of drug-likeness (QED) is 0.296. The molecule has 0 fully saturated rings. The first-order valence-electron chi connectivity index (χ1n) is 14.0. The summed E-state index contributed by atoms with van der Waals surface area (Å²) in [6.45, 7) is 2.30. The summed E-state index contributed by atoms with van der Waals surface area (Å²) in [5.74, 6) is -1.87. The van der Waals surface area contributed by atoms with Gasteiger partial charge in [0.05, 0.1) is 36.4 Å². The van der Waals surface area contributed by atoms with Gasteiger partial charge in [-0.2, -0.15) is 18.4 Å². The van der Waals surface area contributed by atoms with Crippen LogP contribution in [0.1, 0.15) is 42.5 Å². The molecule has 2 aromatic rings. The number of rotatable bonds is 10. The molecule has 0 saturated heterocycles. The van der Waals surface area contributed by atoms with Crippen LogP contribution in [-0.4, -0.2) is 86.5 Å². The molecule has 3 rings (SSSR count). The fourth-order valence-electron chi connectivity index (χ4n) is 4.89. The molecule has 0 saturated carbocycles. The molecule has 1 unspecified atom stereocenters. The van der Waals surface area contributed by atoms with Crippen LogP contribution >= 0.6 is 0 Å². The summed E-state index contributed by atoms with van der Waals surface area (Å²) in [5, 5.41) is 20.8. The number of likely N-dealkylation sites (N-methyl/N-ethyl adjacent to an activating group) is 1. The number of urea groups is 1. The molecule has 2 N–H and O–H groups in total. The number of carbonyl (C=O) groups is 3. The number of alkyl halides is 3. The molecular formula is C31H36F3N7O4. The van der Waals surface area contributed by atoms with Crippen molar-refractivity contribution < 1.29 is 32.3 Å². The number of methoxy groups -OCH3 is 1. The van der Waals surface area contributed by atoms with Gasteiger partial charge in [0.2, 0.25) is 11.9 Å². The van der Waals surface area contributed by atoms with E-state index in [2.05, 4.69) is 5.32 Å². The zero-order chi connectivity index (χ0) is 33.5. The van der Waals surface area contributed by atoms with Gasteiger partial charge < -0.3 is 19.9 Å². The Kier molecular flexibility index (Phi) is 11.3. The van der Waals surface area contributed by atoms with E-state index >= 15 is 0 Å². The van der Waals surface area contributed by atoms with E-state index in [1.165, 1.54) is 42.2 Å². The van der Waals surface area contributed by atoms with Gasteiger partial charge in [-0.1, -0.05) is 18.2 Å². The molecule has 1 heterocycles. The summed E-state index contributed by atoms with van der Waals surface area (Å²) >= 11 is 0. The van der Waals surface area contributed by atoms with E-state index in [1.807, 2.05) is 25.1 Å². The van der Waals surface area contributed by atoms with Gasteiger partial charge in [0, 0.05) is 25.0 Å². The SMILES string of the molecule is COC(=O)C1=C(C)N(c2cccc(C(F)(F)F)c2)C(=N)N(C(=O)NCC(=O)N(C)CCCCN(C)C)C1c1ccc(C#N)cc1. The molecule has 0 spiro atoms. The Labute approximate surface area is 259 Å². The molecule has 14 heteroatoms. The third-order valence-electron chi connectivity index (χ3n) is 7.27. The molecule has 0 radical (unpaired) electrons. The summed E-state index contributed by atoms with van der Waals surface area (Å²) < 4.78 is 45.9. The van der Waals surface area contributed by atoms with Crippen molar-refractivity contribution >= 4 is 29.6 Å². The normalized spacial score (nSPS) is 15.2. The number of benzene rings is 2. The van der Waals surface area contributed by atoms with Gasteiger partial charge >= 0.3 is 18.2 Å². The number of anilines is 1. The fraction of sp³-hybridized carbons (Fsp3) is 0.387. The Balaban J connectivity index is 2.05. The number of unbranched alkanes of at least 4 members (excludes halogenated alkanes) is 1. The molecule has 0 aliphatic carbocycles. The molecule has 45 heavy (non-hydrogen) atoms. The lowest BCUT2D eigenvalue weighted by atomic mass is 9.92. The Morgan fingerprint density at radius 3 is 2.29 bits per heavy atom. The van der Waals surface area contributed by atoms with E-state index in [9.17, 15) is 32.8 Å². The van der Waals surface area contributed by atoms with E-state index in [-0.39, 0.29) is 17.0 Å². The maximum atomic E-state index is 13.8. The fourth-order valence-corrected chi connectivity index (χ4v) is 4.89. The van der Waals surface area contributed by atoms with Crippen molar-refractivity contribution in [1.82, 2.24) is 20.0 Å². The number of halogens is 3. The molecular weight excluding hydrogens is 591 g/mol. The molecule has 3 amide bonds. The molecule has 2 aromatic carbocycles. The number of nitriles is 1. The van der Waals surface area contributed by atoms with Crippen LogP contribution in [0.15, 0.2) is 59.8 Å². The van der Waals surface area contributed by atoms with Crippen LogP contribution in [-0.2, 0) is 20.5 Å². The van der Waals surface area contributed by atoms with Gasteiger partial charge in [-0.25, -0.2) is 9.59 Å². The van der Waals surface area contributed by atoms with E-state index in [4.69, 9.17) is 10.1 Å². The van der Waals surface area contributed by atoms with E-state index in [1.54, 1.807) is 7.05 Å². The molecule has 1 aliphatic rings. The van der Waals surface area contributed by atoms with Gasteiger partial charge in [-0.15, -0.1) is 0 Å². The topological polar surface area (TPSA) is 133 Å². The summed E-state index contributed by atoms with van der Waals surface area (Å²) in [6, 6.07) is 9.82. The smallest absolute Gasteiger partial charge is 0.416 e. The third-order valence-corrected chi connectivity index (χ3v) is 7.27. The van der Waals surface area contributed by atoms with Crippen molar-refractivity contribution in [3.8, 4) is 6.07 Å². The number of allylic oxidation sites excluding steroid dienone is 1. The number of esters is 1. The maximum Gasteiger partial charge on any atom is 0.416 e. The van der Waals surface area contributed by atoms with Gasteiger partial charge in [-0.3, -0.25) is 20.0 Å². The van der Waals surface area contributed by atoms with Crippen molar-refractivity contribution in [3.63, 3.8) is 0 Å². The van der Waals surface area contributed by atoms with Crippen LogP contribution in [0.5, 0.6) is 0 Å². The summed E-state index contributed by atoms with van der Waals surface area (Å²) in [7, 11) is 6.61. The third kappa shape index (κ3) is 8.18. The van der Waals surface area contributed by atoms with Crippen molar-refractivity contribution in [2.45, 2.75) is 32.0 Å². The zero-order valence-corrected chi connectivity index (χ0v) is 25.7. The Hall–Kier alpha value is -4.90. The standard InChI is InChI=1S/C31H36F3N7O4/c1-20-26(28(43)45-5)27(22-13-11-21(18-35)12-14-22)41(29(36)40(20)24-10-8-9-23(17-24)31(32,33)34)30(44)37-19-25(42)39(4)16-7-6-15-38(2)3/h8-14,17,27,36H,6-7,15-16,19H2,1-5H3,(H,37,44). The lowest BCUT2D eigenvalue weighted by molar-refractivity contribution is -0.138. The van der Waals surface area contributed by atoms with Crippen molar-refractivity contribution in [1.29, 1.82) is 10.7 Å². The molecule has 0 aromatic heterocycles. The highest BCUT2D eigenvalue weighted by Gasteiger charge is 2.44. The zero-order valence-electron chi connectivity index (χ0n) is 25.7. The second-order valence-electron chi connectivity index (χ2n) is 10.7. The predicted molar refractivity (Wildman–Crippen MR) is 161 cm³/mol. The second-order valence-corrected chi connectivity index (χ2v) is 10.7. The summed E-state index contributed by atoms with van der Waals surface area (Å²) in [5.41, 5.74) is -0.580. The number of ether oxygens (including phenoxy) is 1.